The van der Waals surface area contributed by atoms with Crippen molar-refractivity contribution in [3.63, 3.8) is 0 Å². The molecule has 0 aromatic heterocycles. The van der Waals surface area contributed by atoms with Crippen LogP contribution < -0.4 is 5.73 Å². The maximum absolute atomic E-state index is 12.1. The van der Waals surface area contributed by atoms with Crippen LogP contribution in [-0.4, -0.2) is 24.4 Å². The van der Waals surface area contributed by atoms with Gasteiger partial charge in [-0.1, -0.05) is 42.5 Å². The van der Waals surface area contributed by atoms with Crippen LogP contribution in [0.1, 0.15) is 11.1 Å². The Hall–Kier alpha value is -2.29. The predicted molar refractivity (Wildman–Crippen MR) is 82.3 cm³/mol. The number of anilines is 1. The zero-order chi connectivity index (χ0) is 14.4. The van der Waals surface area contributed by atoms with Crippen LogP contribution in [0.4, 0.5) is 5.69 Å². The number of likely N-dealkylation sites (N-methyl/N-ethyl adjacent to an activating group) is 1. The Bertz CT molecular complexity index is 549. The molecule has 104 valence electrons. The average molecular weight is 268 g/mol. The van der Waals surface area contributed by atoms with Gasteiger partial charge in [0.15, 0.2) is 0 Å². The van der Waals surface area contributed by atoms with Crippen LogP contribution in [0.25, 0.3) is 0 Å². The summed E-state index contributed by atoms with van der Waals surface area (Å²) >= 11 is 0. The van der Waals surface area contributed by atoms with Gasteiger partial charge in [-0.25, -0.2) is 0 Å². The molecule has 1 amide bonds. The third-order valence-corrected chi connectivity index (χ3v) is 3.34. The SMILES string of the molecule is CN(CCc1ccccc1)C(=O)Cc1ccc(N)cc1. The highest BCUT2D eigenvalue weighted by molar-refractivity contribution is 5.78. The fraction of sp³-hybridized carbons (Fsp3) is 0.235. The molecule has 2 aromatic rings. The maximum Gasteiger partial charge on any atom is 0.226 e. The van der Waals surface area contributed by atoms with E-state index in [4.69, 9.17) is 5.73 Å². The Kier molecular flexibility index (Phi) is 4.77. The number of hydrogen-bond acceptors (Lipinski definition) is 2. The van der Waals surface area contributed by atoms with E-state index in [2.05, 4.69) is 12.1 Å². The molecule has 0 unspecified atom stereocenters. The first-order valence-corrected chi connectivity index (χ1v) is 6.77. The van der Waals surface area contributed by atoms with Crippen LogP contribution in [-0.2, 0) is 17.6 Å². The normalized spacial score (nSPS) is 10.2. The molecule has 0 spiro atoms. The second-order valence-corrected chi connectivity index (χ2v) is 4.97. The average Bonchev–Trinajstić information content (AvgIpc) is 2.48. The van der Waals surface area contributed by atoms with Gasteiger partial charge in [0.2, 0.25) is 5.91 Å². The first-order valence-electron chi connectivity index (χ1n) is 6.77. The quantitative estimate of drug-likeness (QED) is 0.847. The highest BCUT2D eigenvalue weighted by atomic mass is 16.2. The molecule has 3 heteroatoms. The highest BCUT2D eigenvalue weighted by Crippen LogP contribution is 2.08. The first kappa shape index (κ1) is 14.1. The lowest BCUT2D eigenvalue weighted by Gasteiger charge is -2.17. The smallest absolute Gasteiger partial charge is 0.226 e. The minimum Gasteiger partial charge on any atom is -0.399 e. The first-order chi connectivity index (χ1) is 9.65. The summed E-state index contributed by atoms with van der Waals surface area (Å²) in [4.78, 5) is 13.9. The lowest BCUT2D eigenvalue weighted by Crippen LogP contribution is -2.30. The summed E-state index contributed by atoms with van der Waals surface area (Å²) in [5.74, 6) is 0.130. The summed E-state index contributed by atoms with van der Waals surface area (Å²) in [7, 11) is 1.85. The number of hydrogen-bond donors (Lipinski definition) is 1. The number of nitrogens with zero attached hydrogens (tertiary/aromatic N) is 1. The van der Waals surface area contributed by atoms with E-state index in [9.17, 15) is 4.79 Å². The maximum atomic E-state index is 12.1. The molecule has 2 N–H and O–H groups in total. The molecule has 0 atom stereocenters. The predicted octanol–water partition coefficient (Wildman–Crippen LogP) is 2.51. The summed E-state index contributed by atoms with van der Waals surface area (Å²) in [5, 5.41) is 0. The summed E-state index contributed by atoms with van der Waals surface area (Å²) in [6, 6.07) is 17.7. The molecule has 0 aliphatic carbocycles. The highest BCUT2D eigenvalue weighted by Gasteiger charge is 2.09. The van der Waals surface area contributed by atoms with Crippen LogP contribution in [0.5, 0.6) is 0 Å². The molecule has 0 bridgehead atoms. The monoisotopic (exact) mass is 268 g/mol. The van der Waals surface area contributed by atoms with E-state index < -0.39 is 0 Å². The minimum absolute atomic E-state index is 0.130. The minimum atomic E-state index is 0.130. The van der Waals surface area contributed by atoms with Crippen LogP contribution in [0.2, 0.25) is 0 Å². The van der Waals surface area contributed by atoms with Gasteiger partial charge in [-0.3, -0.25) is 4.79 Å². The molecule has 0 fully saturated rings. The van der Waals surface area contributed by atoms with E-state index >= 15 is 0 Å². The van der Waals surface area contributed by atoms with Gasteiger partial charge in [-0.15, -0.1) is 0 Å². The van der Waals surface area contributed by atoms with Gasteiger partial charge in [-0.05, 0) is 29.7 Å². The molecule has 0 heterocycles. The van der Waals surface area contributed by atoms with E-state index in [0.717, 1.165) is 24.2 Å². The molecule has 0 radical (unpaired) electrons. The van der Waals surface area contributed by atoms with Crippen molar-refractivity contribution in [2.75, 3.05) is 19.3 Å². The molecule has 20 heavy (non-hydrogen) atoms. The number of carbonyl (C=O) groups excluding carboxylic acids is 1. The van der Waals surface area contributed by atoms with Crippen molar-refractivity contribution in [3.8, 4) is 0 Å². The second kappa shape index (κ2) is 6.75. The molecule has 0 aliphatic rings. The third kappa shape index (κ3) is 4.12. The fourth-order valence-electron chi connectivity index (χ4n) is 2.01. The number of benzene rings is 2. The van der Waals surface area contributed by atoms with Crippen molar-refractivity contribution in [2.45, 2.75) is 12.8 Å². The Morgan fingerprint density at radius 3 is 2.30 bits per heavy atom. The summed E-state index contributed by atoms with van der Waals surface area (Å²) in [5.41, 5.74) is 8.60. The van der Waals surface area contributed by atoms with Crippen LogP contribution in [0, 0.1) is 0 Å². The van der Waals surface area contributed by atoms with Crippen LogP contribution >= 0.6 is 0 Å². The van der Waals surface area contributed by atoms with Crippen molar-refractivity contribution in [1.29, 1.82) is 0 Å². The number of nitrogens with two attached hydrogens (primary N) is 1. The summed E-state index contributed by atoms with van der Waals surface area (Å²) < 4.78 is 0. The largest absolute Gasteiger partial charge is 0.399 e. The molecule has 3 nitrogen and oxygen atoms in total. The molecule has 2 rings (SSSR count). The van der Waals surface area contributed by atoms with Crippen LogP contribution in [0.15, 0.2) is 54.6 Å². The van der Waals surface area contributed by atoms with Crippen molar-refractivity contribution in [3.05, 3.63) is 65.7 Å². The standard InChI is InChI=1S/C17H20N2O/c1-19(12-11-14-5-3-2-4-6-14)17(20)13-15-7-9-16(18)10-8-15/h2-10H,11-13,18H2,1H3. The van der Waals surface area contributed by atoms with Crippen molar-refractivity contribution < 1.29 is 4.79 Å². The third-order valence-electron chi connectivity index (χ3n) is 3.34. The number of carbonyl (C=O) groups is 1. The van der Waals surface area contributed by atoms with Gasteiger partial charge >= 0.3 is 0 Å². The molecule has 2 aromatic carbocycles. The van der Waals surface area contributed by atoms with Gasteiger partial charge in [0.1, 0.15) is 0 Å². The molecule has 0 aliphatic heterocycles. The Labute approximate surface area is 120 Å². The molecule has 0 saturated carbocycles. The van der Waals surface area contributed by atoms with E-state index in [-0.39, 0.29) is 5.91 Å². The molecular formula is C17H20N2O. The summed E-state index contributed by atoms with van der Waals surface area (Å²) in [6.07, 6.45) is 1.30. The fourth-order valence-corrected chi connectivity index (χ4v) is 2.01. The van der Waals surface area contributed by atoms with E-state index in [1.807, 2.05) is 49.5 Å². The zero-order valence-electron chi connectivity index (χ0n) is 11.8. The van der Waals surface area contributed by atoms with E-state index in [1.165, 1.54) is 5.56 Å². The van der Waals surface area contributed by atoms with Gasteiger partial charge in [0, 0.05) is 19.3 Å². The number of rotatable bonds is 5. The Morgan fingerprint density at radius 2 is 1.65 bits per heavy atom. The summed E-state index contributed by atoms with van der Waals surface area (Å²) in [6.45, 7) is 0.734. The molecular weight excluding hydrogens is 248 g/mol. The number of nitrogen functional groups attached to an aromatic ring is 1. The van der Waals surface area contributed by atoms with Crippen molar-refractivity contribution >= 4 is 11.6 Å². The van der Waals surface area contributed by atoms with Gasteiger partial charge in [-0.2, -0.15) is 0 Å². The topological polar surface area (TPSA) is 46.3 Å². The van der Waals surface area contributed by atoms with E-state index in [0.29, 0.717) is 6.42 Å². The van der Waals surface area contributed by atoms with Gasteiger partial charge in [0.25, 0.3) is 0 Å². The van der Waals surface area contributed by atoms with Gasteiger partial charge < -0.3 is 10.6 Å². The lowest BCUT2D eigenvalue weighted by molar-refractivity contribution is -0.129. The van der Waals surface area contributed by atoms with Crippen molar-refractivity contribution in [2.24, 2.45) is 0 Å². The van der Waals surface area contributed by atoms with Crippen LogP contribution in [0.3, 0.4) is 0 Å². The Balaban J connectivity index is 1.84. The van der Waals surface area contributed by atoms with E-state index in [1.54, 1.807) is 4.90 Å². The second-order valence-electron chi connectivity index (χ2n) is 4.97. The van der Waals surface area contributed by atoms with Gasteiger partial charge in [0.05, 0.1) is 6.42 Å². The van der Waals surface area contributed by atoms with Crippen molar-refractivity contribution in [1.82, 2.24) is 4.90 Å². The Morgan fingerprint density at radius 1 is 1.00 bits per heavy atom. The number of amides is 1. The molecule has 0 saturated heterocycles. The lowest BCUT2D eigenvalue weighted by atomic mass is 10.1. The zero-order valence-corrected chi connectivity index (χ0v) is 11.8.